The van der Waals surface area contributed by atoms with Gasteiger partial charge in [-0.2, -0.15) is 0 Å². The van der Waals surface area contributed by atoms with E-state index in [2.05, 4.69) is 10.3 Å². The molecule has 0 unspecified atom stereocenters. The molecule has 2 aromatic rings. The lowest BCUT2D eigenvalue weighted by Gasteiger charge is -2.15. The molecule has 2 heterocycles. The molecular formula is C20H25N3O3. The van der Waals surface area contributed by atoms with Gasteiger partial charge in [-0.25, -0.2) is 4.98 Å². The number of ether oxygens (including phenoxy) is 2. The number of hydrogen-bond acceptors (Lipinski definition) is 5. The number of anilines is 1. The molecule has 6 nitrogen and oxygen atoms in total. The topological polar surface area (TPSA) is 63.7 Å². The smallest absolute Gasteiger partial charge is 0.260 e. The second kappa shape index (κ2) is 8.29. The molecule has 1 aliphatic heterocycles. The van der Waals surface area contributed by atoms with Crippen LogP contribution >= 0.6 is 0 Å². The van der Waals surface area contributed by atoms with Crippen molar-refractivity contribution in [3.63, 3.8) is 0 Å². The number of aryl methyl sites for hydroxylation is 1. The van der Waals surface area contributed by atoms with Crippen LogP contribution in [0.1, 0.15) is 33.6 Å². The molecule has 6 heteroatoms. The first-order valence-corrected chi connectivity index (χ1v) is 8.79. The van der Waals surface area contributed by atoms with Crippen LogP contribution in [0.4, 0.5) is 5.82 Å². The highest BCUT2D eigenvalue weighted by Crippen LogP contribution is 2.33. The molecule has 0 atom stereocenters. The third kappa shape index (κ3) is 3.71. The van der Waals surface area contributed by atoms with Gasteiger partial charge < -0.3 is 14.8 Å². The summed E-state index contributed by atoms with van der Waals surface area (Å²) in [6.45, 7) is 1.92. The molecule has 1 aromatic heterocycles. The zero-order chi connectivity index (χ0) is 18.5. The maximum absolute atomic E-state index is 13.0. The minimum Gasteiger partial charge on any atom is -0.497 e. The van der Waals surface area contributed by atoms with Gasteiger partial charge >= 0.3 is 0 Å². The van der Waals surface area contributed by atoms with Crippen molar-refractivity contribution >= 4 is 11.7 Å². The lowest BCUT2D eigenvalue weighted by atomic mass is 10.0. The molecule has 0 spiro atoms. The van der Waals surface area contributed by atoms with Crippen LogP contribution in [0, 0.1) is 0 Å². The summed E-state index contributed by atoms with van der Waals surface area (Å²) >= 11 is 0. The molecule has 3 rings (SSSR count). The van der Waals surface area contributed by atoms with Gasteiger partial charge in [-0.15, -0.1) is 0 Å². The molecule has 138 valence electrons. The highest BCUT2D eigenvalue weighted by Gasteiger charge is 2.32. The number of rotatable bonds is 8. The predicted molar refractivity (Wildman–Crippen MR) is 101 cm³/mol. The van der Waals surface area contributed by atoms with Crippen LogP contribution in [-0.2, 0) is 24.2 Å². The Hall–Kier alpha value is -2.44. The van der Waals surface area contributed by atoms with Crippen LogP contribution in [0.25, 0.3) is 0 Å². The number of amides is 1. The molecule has 0 aliphatic carbocycles. The normalized spacial score (nSPS) is 13.2. The average Bonchev–Trinajstić information content (AvgIpc) is 2.99. The molecular weight excluding hydrogens is 330 g/mol. The minimum absolute atomic E-state index is 0.0298. The molecule has 1 N–H and O–H groups in total. The molecule has 0 saturated heterocycles. The molecule has 0 bridgehead atoms. The van der Waals surface area contributed by atoms with Crippen LogP contribution in [0.15, 0.2) is 30.3 Å². The van der Waals surface area contributed by atoms with E-state index in [0.717, 1.165) is 29.7 Å². The summed E-state index contributed by atoms with van der Waals surface area (Å²) in [5, 5.41) is 3.16. The number of benzene rings is 1. The zero-order valence-corrected chi connectivity index (χ0v) is 15.5. The highest BCUT2D eigenvalue weighted by molar-refractivity contribution is 6.10. The first-order chi connectivity index (χ1) is 12.7. The third-order valence-corrected chi connectivity index (χ3v) is 4.56. The highest BCUT2D eigenvalue weighted by atomic mass is 16.5. The molecule has 26 heavy (non-hydrogen) atoms. The summed E-state index contributed by atoms with van der Waals surface area (Å²) in [6.07, 6.45) is 1.74. The molecule has 1 aromatic carbocycles. The van der Waals surface area contributed by atoms with E-state index in [1.807, 2.05) is 37.4 Å². The van der Waals surface area contributed by atoms with E-state index in [1.54, 1.807) is 19.1 Å². The third-order valence-electron chi connectivity index (χ3n) is 4.56. The van der Waals surface area contributed by atoms with Crippen LogP contribution < -0.4 is 15.0 Å². The Labute approximate surface area is 154 Å². The van der Waals surface area contributed by atoms with Gasteiger partial charge in [-0.3, -0.25) is 9.69 Å². The van der Waals surface area contributed by atoms with Crippen LogP contribution in [0.5, 0.6) is 5.75 Å². The molecule has 1 aliphatic rings. The Kier molecular flexibility index (Phi) is 5.85. The van der Waals surface area contributed by atoms with Gasteiger partial charge in [-0.05, 0) is 55.3 Å². The van der Waals surface area contributed by atoms with Gasteiger partial charge in [0.2, 0.25) is 0 Å². The van der Waals surface area contributed by atoms with Crippen molar-refractivity contribution in [2.24, 2.45) is 0 Å². The van der Waals surface area contributed by atoms with E-state index in [1.165, 1.54) is 0 Å². The number of carbonyl (C=O) groups excluding carboxylic acids is 1. The fraction of sp³-hybridized carbons (Fsp3) is 0.400. The van der Waals surface area contributed by atoms with Crippen LogP contribution in [-0.4, -0.2) is 38.8 Å². The summed E-state index contributed by atoms with van der Waals surface area (Å²) in [4.78, 5) is 19.4. The summed E-state index contributed by atoms with van der Waals surface area (Å²) in [6, 6.07) is 9.64. The molecule has 0 radical (unpaired) electrons. The Balaban J connectivity index is 1.88. The summed E-state index contributed by atoms with van der Waals surface area (Å²) < 4.78 is 10.5. The Bertz CT molecular complexity index is 792. The second-order valence-electron chi connectivity index (χ2n) is 6.32. The molecule has 1 amide bonds. The zero-order valence-electron chi connectivity index (χ0n) is 15.5. The lowest BCUT2D eigenvalue weighted by Crippen LogP contribution is -2.24. The quantitative estimate of drug-likeness (QED) is 0.738. The van der Waals surface area contributed by atoms with Crippen molar-refractivity contribution in [3.8, 4) is 5.75 Å². The Morgan fingerprint density at radius 3 is 2.85 bits per heavy atom. The molecule has 0 saturated carbocycles. The van der Waals surface area contributed by atoms with E-state index in [-0.39, 0.29) is 5.91 Å². The van der Waals surface area contributed by atoms with Gasteiger partial charge in [0, 0.05) is 31.5 Å². The van der Waals surface area contributed by atoms with E-state index >= 15 is 0 Å². The van der Waals surface area contributed by atoms with Crippen molar-refractivity contribution in [1.82, 2.24) is 10.3 Å². The van der Waals surface area contributed by atoms with Crippen molar-refractivity contribution < 1.29 is 14.3 Å². The standard InChI is InChI=1S/C20H25N3O3/c1-21-12-14-10-16(26-3)11-17-18(14)13-23(20(17)24)19-8-4-6-15(22-19)7-5-9-25-2/h4,6,8,10-11,21H,5,7,9,12-13H2,1-3H3. The van der Waals surface area contributed by atoms with Gasteiger partial charge in [-0.1, -0.05) is 6.07 Å². The van der Waals surface area contributed by atoms with Crippen molar-refractivity contribution in [1.29, 1.82) is 0 Å². The van der Waals surface area contributed by atoms with E-state index < -0.39 is 0 Å². The summed E-state index contributed by atoms with van der Waals surface area (Å²) in [7, 11) is 5.21. The number of aromatic nitrogens is 1. The first-order valence-electron chi connectivity index (χ1n) is 8.79. The van der Waals surface area contributed by atoms with Crippen LogP contribution in [0.2, 0.25) is 0 Å². The van der Waals surface area contributed by atoms with Gasteiger partial charge in [0.05, 0.1) is 13.7 Å². The number of nitrogens with zero attached hydrogens (tertiary/aromatic N) is 2. The number of nitrogens with one attached hydrogen (secondary N) is 1. The Morgan fingerprint density at radius 2 is 2.12 bits per heavy atom. The number of fused-ring (bicyclic) bond motifs is 1. The fourth-order valence-electron chi connectivity index (χ4n) is 3.26. The minimum atomic E-state index is -0.0298. The SMILES string of the molecule is CNCc1cc(OC)cc2c1CN(c1cccc(CCCOC)n1)C2=O. The number of pyridine rings is 1. The Morgan fingerprint density at radius 1 is 1.27 bits per heavy atom. The summed E-state index contributed by atoms with van der Waals surface area (Å²) in [5.41, 5.74) is 3.78. The largest absolute Gasteiger partial charge is 0.497 e. The monoisotopic (exact) mass is 355 g/mol. The fourth-order valence-corrected chi connectivity index (χ4v) is 3.26. The second-order valence-corrected chi connectivity index (χ2v) is 6.32. The number of methoxy groups -OCH3 is 2. The van der Waals surface area contributed by atoms with Gasteiger partial charge in [0.25, 0.3) is 5.91 Å². The van der Waals surface area contributed by atoms with Crippen molar-refractivity contribution in [3.05, 3.63) is 52.7 Å². The molecule has 0 fully saturated rings. The van der Waals surface area contributed by atoms with Crippen molar-refractivity contribution in [2.75, 3.05) is 32.8 Å². The average molecular weight is 355 g/mol. The van der Waals surface area contributed by atoms with Gasteiger partial charge in [0.1, 0.15) is 11.6 Å². The van der Waals surface area contributed by atoms with E-state index in [4.69, 9.17) is 9.47 Å². The van der Waals surface area contributed by atoms with Gasteiger partial charge in [0.15, 0.2) is 0 Å². The lowest BCUT2D eigenvalue weighted by molar-refractivity contribution is 0.0995. The van der Waals surface area contributed by atoms with E-state index in [0.29, 0.717) is 36.8 Å². The maximum atomic E-state index is 13.0. The van der Waals surface area contributed by atoms with Crippen molar-refractivity contribution in [2.45, 2.75) is 25.9 Å². The summed E-state index contributed by atoms with van der Waals surface area (Å²) in [5.74, 6) is 1.36. The van der Waals surface area contributed by atoms with E-state index in [9.17, 15) is 4.79 Å². The number of hydrogen-bond donors (Lipinski definition) is 1. The van der Waals surface area contributed by atoms with Crippen LogP contribution in [0.3, 0.4) is 0 Å². The predicted octanol–water partition coefficient (Wildman–Crippen LogP) is 2.55. The first kappa shape index (κ1) is 18.4. The number of carbonyl (C=O) groups is 1. The maximum Gasteiger partial charge on any atom is 0.260 e.